The lowest BCUT2D eigenvalue weighted by Gasteiger charge is -2.13. The van der Waals surface area contributed by atoms with Crippen LogP contribution in [0.25, 0.3) is 11.4 Å². The largest absolute Gasteiger partial charge is 0.471 e. The van der Waals surface area contributed by atoms with Crippen LogP contribution >= 0.6 is 0 Å². The molecule has 0 radical (unpaired) electrons. The normalized spacial score (nSPS) is 12.4. The number of aromatic nitrogens is 3. The fraction of sp³-hybridized carbons (Fsp3) is 0.235. The van der Waals surface area contributed by atoms with Crippen molar-refractivity contribution < 1.29 is 30.9 Å². The lowest BCUT2D eigenvalue weighted by molar-refractivity contribution is -0.159. The SMILES string of the molecule is O=c1cc(-c2noc(C(F)(F)F)n2)ccn1CCc1ccccc1C(F)(F)F. The molecule has 5 nitrogen and oxygen atoms in total. The first-order valence-corrected chi connectivity index (χ1v) is 7.82. The molecule has 1 aromatic carbocycles. The maximum absolute atomic E-state index is 13.0. The van der Waals surface area contributed by atoms with Crippen molar-refractivity contribution in [1.82, 2.24) is 14.7 Å². The predicted molar refractivity (Wildman–Crippen MR) is 84.1 cm³/mol. The van der Waals surface area contributed by atoms with Crippen LogP contribution in [-0.2, 0) is 25.3 Å². The molecule has 0 unspecified atom stereocenters. The molecule has 0 amide bonds. The minimum atomic E-state index is -4.81. The van der Waals surface area contributed by atoms with Gasteiger partial charge in [0, 0.05) is 24.4 Å². The highest BCUT2D eigenvalue weighted by atomic mass is 19.4. The molecule has 3 rings (SSSR count). The number of hydrogen-bond donors (Lipinski definition) is 0. The number of hydrogen-bond acceptors (Lipinski definition) is 4. The van der Waals surface area contributed by atoms with Gasteiger partial charge in [0.1, 0.15) is 0 Å². The van der Waals surface area contributed by atoms with Crippen LogP contribution in [0.1, 0.15) is 17.0 Å². The van der Waals surface area contributed by atoms with Gasteiger partial charge in [0.25, 0.3) is 5.56 Å². The Morgan fingerprint density at radius 3 is 2.32 bits per heavy atom. The molecule has 0 spiro atoms. The summed E-state index contributed by atoms with van der Waals surface area (Å²) >= 11 is 0. The quantitative estimate of drug-likeness (QED) is 0.614. The molecule has 0 fully saturated rings. The van der Waals surface area contributed by atoms with E-state index in [2.05, 4.69) is 14.7 Å². The second-order valence-electron chi connectivity index (χ2n) is 5.77. The number of aryl methyl sites for hydroxylation is 2. The fourth-order valence-corrected chi connectivity index (χ4v) is 2.54. The summed E-state index contributed by atoms with van der Waals surface area (Å²) in [5.74, 6) is -1.96. The lowest BCUT2D eigenvalue weighted by Crippen LogP contribution is -2.20. The lowest BCUT2D eigenvalue weighted by atomic mass is 10.0. The molecule has 0 aliphatic rings. The molecule has 0 aliphatic carbocycles. The highest BCUT2D eigenvalue weighted by molar-refractivity contribution is 5.52. The van der Waals surface area contributed by atoms with Gasteiger partial charge in [-0.1, -0.05) is 23.4 Å². The molecule has 28 heavy (non-hydrogen) atoms. The highest BCUT2D eigenvalue weighted by Crippen LogP contribution is 2.32. The molecular formula is C17H11F6N3O2. The van der Waals surface area contributed by atoms with Gasteiger partial charge in [0.2, 0.25) is 5.82 Å². The molecule has 0 aliphatic heterocycles. The van der Waals surface area contributed by atoms with E-state index in [0.29, 0.717) is 0 Å². The Hall–Kier alpha value is -3.11. The molecule has 2 aromatic heterocycles. The van der Waals surface area contributed by atoms with Crippen molar-refractivity contribution in [3.05, 3.63) is 70.0 Å². The van der Waals surface area contributed by atoms with E-state index in [4.69, 9.17) is 0 Å². The zero-order chi connectivity index (χ0) is 20.5. The van der Waals surface area contributed by atoms with E-state index >= 15 is 0 Å². The van der Waals surface area contributed by atoms with Crippen LogP contribution in [0.5, 0.6) is 0 Å². The van der Waals surface area contributed by atoms with Crippen LogP contribution in [0, 0.1) is 0 Å². The maximum atomic E-state index is 13.0. The first-order chi connectivity index (χ1) is 13.1. The monoisotopic (exact) mass is 403 g/mol. The molecule has 3 aromatic rings. The van der Waals surface area contributed by atoms with Gasteiger partial charge in [-0.15, -0.1) is 0 Å². The van der Waals surface area contributed by atoms with Crippen LogP contribution in [-0.4, -0.2) is 14.7 Å². The van der Waals surface area contributed by atoms with Crippen LogP contribution in [0.15, 0.2) is 51.9 Å². The number of alkyl halides is 6. The maximum Gasteiger partial charge on any atom is 0.471 e. The van der Waals surface area contributed by atoms with Crippen molar-refractivity contribution >= 4 is 0 Å². The average Bonchev–Trinajstić information content (AvgIpc) is 3.10. The van der Waals surface area contributed by atoms with Gasteiger partial charge in [-0.2, -0.15) is 31.3 Å². The van der Waals surface area contributed by atoms with Crippen molar-refractivity contribution in [2.24, 2.45) is 0 Å². The predicted octanol–water partition coefficient (Wildman–Crippen LogP) is 4.18. The van der Waals surface area contributed by atoms with Gasteiger partial charge in [0.05, 0.1) is 5.56 Å². The Bertz CT molecular complexity index is 1040. The van der Waals surface area contributed by atoms with Crippen LogP contribution in [0.3, 0.4) is 0 Å². The van der Waals surface area contributed by atoms with E-state index in [9.17, 15) is 31.1 Å². The second-order valence-corrected chi connectivity index (χ2v) is 5.77. The van der Waals surface area contributed by atoms with Crippen LogP contribution in [0.4, 0.5) is 26.3 Å². The minimum Gasteiger partial charge on any atom is -0.329 e. The van der Waals surface area contributed by atoms with E-state index < -0.39 is 35.2 Å². The minimum absolute atomic E-state index is 0.00353. The van der Waals surface area contributed by atoms with Gasteiger partial charge in [-0.3, -0.25) is 4.79 Å². The Labute approximate surface area is 153 Å². The van der Waals surface area contributed by atoms with Crippen molar-refractivity contribution in [3.63, 3.8) is 0 Å². The molecule has 0 atom stereocenters. The summed E-state index contributed by atoms with van der Waals surface area (Å²) in [5, 5.41) is 3.18. The van der Waals surface area contributed by atoms with Crippen LogP contribution in [0.2, 0.25) is 0 Å². The Balaban J connectivity index is 1.79. The standard InChI is InChI=1S/C17H11F6N3O2/c18-16(19,20)12-4-2-1-3-10(12)5-7-26-8-6-11(9-13(26)27)14-24-15(28-25-14)17(21,22)23/h1-4,6,8-9H,5,7H2. The molecule has 2 heterocycles. The molecule has 0 saturated heterocycles. The van der Waals surface area contributed by atoms with Gasteiger partial charge in [0.15, 0.2) is 0 Å². The van der Waals surface area contributed by atoms with Gasteiger partial charge >= 0.3 is 18.2 Å². The Kier molecular flexibility index (Phi) is 5.01. The number of halogens is 6. The Morgan fingerprint density at radius 1 is 1.00 bits per heavy atom. The molecule has 0 N–H and O–H groups in total. The molecule has 0 bridgehead atoms. The zero-order valence-corrected chi connectivity index (χ0v) is 13.9. The number of rotatable bonds is 4. The van der Waals surface area contributed by atoms with Gasteiger partial charge < -0.3 is 9.09 Å². The van der Waals surface area contributed by atoms with E-state index in [1.807, 2.05) is 0 Å². The Morgan fingerprint density at radius 2 is 1.71 bits per heavy atom. The summed E-state index contributed by atoms with van der Waals surface area (Å²) in [5.41, 5.74) is -1.39. The average molecular weight is 403 g/mol. The highest BCUT2D eigenvalue weighted by Gasteiger charge is 2.38. The van der Waals surface area contributed by atoms with Crippen molar-refractivity contribution in [2.45, 2.75) is 25.3 Å². The molecular weight excluding hydrogens is 392 g/mol. The third-order valence-electron chi connectivity index (χ3n) is 3.87. The van der Waals surface area contributed by atoms with Crippen molar-refractivity contribution in [1.29, 1.82) is 0 Å². The summed E-state index contributed by atoms with van der Waals surface area (Å²) in [6, 6.07) is 7.27. The smallest absolute Gasteiger partial charge is 0.329 e. The number of benzene rings is 1. The van der Waals surface area contributed by atoms with E-state index in [-0.39, 0.29) is 24.1 Å². The second kappa shape index (κ2) is 7.13. The van der Waals surface area contributed by atoms with E-state index in [1.165, 1.54) is 30.5 Å². The number of nitrogens with zero attached hydrogens (tertiary/aromatic N) is 3. The fourth-order valence-electron chi connectivity index (χ4n) is 2.54. The summed E-state index contributed by atoms with van der Waals surface area (Å²) in [7, 11) is 0. The van der Waals surface area contributed by atoms with Gasteiger partial charge in [-0.25, -0.2) is 0 Å². The zero-order valence-electron chi connectivity index (χ0n) is 13.9. The summed E-state index contributed by atoms with van der Waals surface area (Å²) in [6.07, 6.45) is -8.14. The molecule has 11 heteroatoms. The third-order valence-corrected chi connectivity index (χ3v) is 3.87. The summed E-state index contributed by atoms with van der Waals surface area (Å²) < 4.78 is 81.8. The van der Waals surface area contributed by atoms with Gasteiger partial charge in [-0.05, 0) is 24.1 Å². The van der Waals surface area contributed by atoms with E-state index in [1.54, 1.807) is 0 Å². The number of pyridine rings is 1. The third kappa shape index (κ3) is 4.24. The van der Waals surface area contributed by atoms with Crippen molar-refractivity contribution in [3.8, 4) is 11.4 Å². The van der Waals surface area contributed by atoms with Crippen LogP contribution < -0.4 is 5.56 Å². The first-order valence-electron chi connectivity index (χ1n) is 7.82. The summed E-state index contributed by atoms with van der Waals surface area (Å²) in [4.78, 5) is 15.3. The van der Waals surface area contributed by atoms with Crippen molar-refractivity contribution in [2.75, 3.05) is 0 Å². The molecule has 148 valence electrons. The first kappa shape index (κ1) is 19.6. The summed E-state index contributed by atoms with van der Waals surface area (Å²) in [6.45, 7) is -0.0494. The topological polar surface area (TPSA) is 60.9 Å². The van der Waals surface area contributed by atoms with E-state index in [0.717, 1.165) is 16.7 Å². The molecule has 0 saturated carbocycles.